The van der Waals surface area contributed by atoms with Gasteiger partial charge in [0, 0.05) is 20.2 Å². The number of fused-ring (bicyclic) bond motifs is 1. The molecule has 0 bridgehead atoms. The highest BCUT2D eigenvalue weighted by atomic mass is 35.5. The van der Waals surface area contributed by atoms with Crippen molar-refractivity contribution in [1.82, 2.24) is 0 Å². The zero-order valence-corrected chi connectivity index (χ0v) is 12.6. The molecule has 0 aromatic heterocycles. The predicted molar refractivity (Wildman–Crippen MR) is 81.2 cm³/mol. The summed E-state index contributed by atoms with van der Waals surface area (Å²) in [6, 6.07) is 3.39. The Morgan fingerprint density at radius 1 is 1.43 bits per heavy atom. The Hall–Kier alpha value is -1.59. The first-order valence-electron chi connectivity index (χ1n) is 7.03. The molecule has 2 aliphatic heterocycles. The van der Waals surface area contributed by atoms with E-state index in [0.717, 1.165) is 38.2 Å². The molecule has 1 fully saturated rings. The van der Waals surface area contributed by atoms with E-state index < -0.39 is 11.7 Å². The average molecular weight is 309 g/mol. The molecule has 2 heterocycles. The van der Waals surface area contributed by atoms with Crippen LogP contribution in [-0.4, -0.2) is 38.5 Å². The second-order valence-electron chi connectivity index (χ2n) is 5.54. The monoisotopic (exact) mass is 308 g/mol. The summed E-state index contributed by atoms with van der Waals surface area (Å²) in [6.45, 7) is 2.52. The smallest absolute Gasteiger partial charge is 0.296 e. The highest BCUT2D eigenvalue weighted by molar-refractivity contribution is 6.52. The maximum Gasteiger partial charge on any atom is 0.296 e. The van der Waals surface area contributed by atoms with Gasteiger partial charge in [0.25, 0.3) is 11.7 Å². The normalized spacial score (nSPS) is 21.4. The summed E-state index contributed by atoms with van der Waals surface area (Å²) >= 11 is 6.31. The lowest BCUT2D eigenvalue weighted by atomic mass is 9.98. The number of ether oxygens (including phenoxy) is 1. The van der Waals surface area contributed by atoms with Crippen molar-refractivity contribution in [1.29, 1.82) is 0 Å². The number of rotatable bonds is 3. The highest BCUT2D eigenvalue weighted by Gasteiger charge is 2.30. The Bertz CT molecular complexity index is 601. The number of nitrogens with one attached hydrogen (secondary N) is 1. The van der Waals surface area contributed by atoms with E-state index in [-0.39, 0.29) is 0 Å². The van der Waals surface area contributed by atoms with Crippen LogP contribution in [0.3, 0.4) is 0 Å². The molecule has 1 amide bonds. The number of Topliss-reactive ketones (excluding diaryl/α,β-unsaturated/α-hetero) is 1. The van der Waals surface area contributed by atoms with Gasteiger partial charge in [-0.1, -0.05) is 11.6 Å². The van der Waals surface area contributed by atoms with Crippen LogP contribution < -0.4 is 10.2 Å². The molecule has 1 aromatic rings. The van der Waals surface area contributed by atoms with E-state index in [9.17, 15) is 9.59 Å². The third-order valence-corrected chi connectivity index (χ3v) is 4.35. The Morgan fingerprint density at radius 3 is 3.00 bits per heavy atom. The van der Waals surface area contributed by atoms with Gasteiger partial charge in [-0.15, -0.1) is 0 Å². The molecule has 6 heteroatoms. The van der Waals surface area contributed by atoms with Gasteiger partial charge >= 0.3 is 0 Å². The lowest BCUT2D eigenvalue weighted by molar-refractivity contribution is -0.112. The first-order valence-corrected chi connectivity index (χ1v) is 7.41. The molecule has 3 rings (SSSR count). The topological polar surface area (TPSA) is 58.6 Å². The Labute approximate surface area is 128 Å². The molecular formula is C15H17ClN2O3. The van der Waals surface area contributed by atoms with Gasteiger partial charge in [0.15, 0.2) is 0 Å². The summed E-state index contributed by atoms with van der Waals surface area (Å²) in [7, 11) is 1.71. The van der Waals surface area contributed by atoms with Gasteiger partial charge in [0.1, 0.15) is 0 Å². The molecule has 1 saturated heterocycles. The Kier molecular flexibility index (Phi) is 3.87. The van der Waals surface area contributed by atoms with E-state index in [1.54, 1.807) is 19.2 Å². The Morgan fingerprint density at radius 2 is 2.24 bits per heavy atom. The van der Waals surface area contributed by atoms with E-state index in [4.69, 9.17) is 16.3 Å². The van der Waals surface area contributed by atoms with Crippen molar-refractivity contribution >= 4 is 34.7 Å². The molecule has 0 spiro atoms. The molecule has 1 N–H and O–H groups in total. The number of piperidine rings is 1. The van der Waals surface area contributed by atoms with Crippen LogP contribution in [-0.2, 0) is 9.53 Å². The molecule has 0 aliphatic carbocycles. The van der Waals surface area contributed by atoms with E-state index in [0.29, 0.717) is 22.2 Å². The van der Waals surface area contributed by atoms with Crippen LogP contribution in [0.5, 0.6) is 0 Å². The number of anilines is 2. The van der Waals surface area contributed by atoms with Crippen LogP contribution in [0.2, 0.25) is 5.02 Å². The number of ketones is 1. The summed E-state index contributed by atoms with van der Waals surface area (Å²) < 4.78 is 5.24. The highest BCUT2D eigenvalue weighted by Crippen LogP contribution is 2.36. The minimum absolute atomic E-state index is 0.360. The van der Waals surface area contributed by atoms with Crippen molar-refractivity contribution in [3.05, 3.63) is 22.7 Å². The maximum atomic E-state index is 11.7. The third kappa shape index (κ3) is 2.63. The number of amides is 1. The van der Waals surface area contributed by atoms with Crippen molar-refractivity contribution in [2.45, 2.75) is 12.8 Å². The number of carbonyl (C=O) groups excluding carboxylic acids is 2. The van der Waals surface area contributed by atoms with E-state index in [1.165, 1.54) is 0 Å². The number of hydrogen-bond donors (Lipinski definition) is 1. The number of carbonyl (C=O) groups is 2. The summed E-state index contributed by atoms with van der Waals surface area (Å²) in [4.78, 5) is 25.3. The molecule has 5 nitrogen and oxygen atoms in total. The number of nitrogens with zero attached hydrogens (tertiary/aromatic N) is 1. The lowest BCUT2D eigenvalue weighted by Gasteiger charge is -2.34. The molecule has 1 unspecified atom stereocenters. The van der Waals surface area contributed by atoms with Gasteiger partial charge in [-0.05, 0) is 30.9 Å². The van der Waals surface area contributed by atoms with Crippen LogP contribution >= 0.6 is 11.6 Å². The van der Waals surface area contributed by atoms with Gasteiger partial charge in [0.2, 0.25) is 0 Å². The summed E-state index contributed by atoms with van der Waals surface area (Å²) in [5.74, 6) is -0.632. The van der Waals surface area contributed by atoms with Crippen LogP contribution in [0.25, 0.3) is 0 Å². The predicted octanol–water partition coefficient (Wildman–Crippen LogP) is 2.34. The van der Waals surface area contributed by atoms with E-state index in [1.807, 2.05) is 0 Å². The number of benzene rings is 1. The number of methoxy groups -OCH3 is 1. The van der Waals surface area contributed by atoms with Gasteiger partial charge in [-0.2, -0.15) is 0 Å². The minimum Gasteiger partial charge on any atom is -0.384 e. The van der Waals surface area contributed by atoms with Crippen molar-refractivity contribution in [3.8, 4) is 0 Å². The van der Waals surface area contributed by atoms with E-state index >= 15 is 0 Å². The van der Waals surface area contributed by atoms with Crippen molar-refractivity contribution < 1.29 is 14.3 Å². The zero-order chi connectivity index (χ0) is 15.0. The fourth-order valence-corrected chi connectivity index (χ4v) is 3.34. The fourth-order valence-electron chi connectivity index (χ4n) is 3.05. The quantitative estimate of drug-likeness (QED) is 0.871. The SMILES string of the molecule is COCC1CCCN(c2cc3c(cc2Cl)C(=O)C(=O)N3)C1. The van der Waals surface area contributed by atoms with Gasteiger partial charge in [-0.3, -0.25) is 9.59 Å². The summed E-state index contributed by atoms with van der Waals surface area (Å²) in [6.07, 6.45) is 2.22. The lowest BCUT2D eigenvalue weighted by Crippen LogP contribution is -2.37. The van der Waals surface area contributed by atoms with Crippen molar-refractivity contribution in [2.75, 3.05) is 37.0 Å². The van der Waals surface area contributed by atoms with Gasteiger partial charge in [-0.25, -0.2) is 0 Å². The summed E-state index contributed by atoms with van der Waals surface area (Å²) in [5.41, 5.74) is 1.78. The second-order valence-corrected chi connectivity index (χ2v) is 5.95. The van der Waals surface area contributed by atoms with Gasteiger partial charge in [0.05, 0.1) is 28.6 Å². The second kappa shape index (κ2) is 5.66. The first-order chi connectivity index (χ1) is 10.1. The van der Waals surface area contributed by atoms with Crippen LogP contribution in [0.1, 0.15) is 23.2 Å². The molecule has 2 aliphatic rings. The van der Waals surface area contributed by atoms with E-state index in [2.05, 4.69) is 10.2 Å². The number of halogens is 1. The Balaban J connectivity index is 1.88. The molecule has 112 valence electrons. The number of hydrogen-bond acceptors (Lipinski definition) is 4. The fraction of sp³-hybridized carbons (Fsp3) is 0.467. The molecular weight excluding hydrogens is 292 g/mol. The van der Waals surface area contributed by atoms with Crippen LogP contribution in [0.15, 0.2) is 12.1 Å². The molecule has 1 atom stereocenters. The van der Waals surface area contributed by atoms with Crippen molar-refractivity contribution in [2.24, 2.45) is 5.92 Å². The molecule has 0 radical (unpaired) electrons. The van der Waals surface area contributed by atoms with Gasteiger partial charge < -0.3 is 15.0 Å². The summed E-state index contributed by atoms with van der Waals surface area (Å²) in [5, 5.41) is 3.10. The average Bonchev–Trinajstić information content (AvgIpc) is 2.74. The van der Waals surface area contributed by atoms with Crippen LogP contribution in [0, 0.1) is 5.92 Å². The van der Waals surface area contributed by atoms with Crippen molar-refractivity contribution in [3.63, 3.8) is 0 Å². The molecule has 1 aromatic carbocycles. The molecule has 21 heavy (non-hydrogen) atoms. The molecule has 0 saturated carbocycles. The maximum absolute atomic E-state index is 11.7. The zero-order valence-electron chi connectivity index (χ0n) is 11.8. The van der Waals surface area contributed by atoms with Crippen LogP contribution in [0.4, 0.5) is 11.4 Å². The minimum atomic E-state index is -0.589. The first kappa shape index (κ1) is 14.4. The largest absolute Gasteiger partial charge is 0.384 e. The standard InChI is InChI=1S/C15H17ClN2O3/c1-21-8-9-3-2-4-18(7-9)13-6-12-10(5-11(13)16)14(19)15(20)17-12/h5-6,9H,2-4,7-8H2,1H3,(H,17,19,20). The third-order valence-electron chi connectivity index (χ3n) is 4.05.